The first-order chi connectivity index (χ1) is 12.7. The van der Waals surface area contributed by atoms with Gasteiger partial charge in [0.25, 0.3) is 0 Å². The summed E-state index contributed by atoms with van der Waals surface area (Å²) in [6.45, 7) is 2.09. The van der Waals surface area contributed by atoms with E-state index in [1.54, 1.807) is 0 Å². The maximum atomic E-state index is 13.1. The van der Waals surface area contributed by atoms with Crippen LogP contribution in [-0.2, 0) is 23.1 Å². The summed E-state index contributed by atoms with van der Waals surface area (Å²) in [6.07, 6.45) is 2.41. The second-order valence-electron chi connectivity index (χ2n) is 7.23. The Bertz CT molecular complexity index is 914. The van der Waals surface area contributed by atoms with Crippen molar-refractivity contribution in [3.8, 4) is 0 Å². The molecule has 2 nitrogen and oxygen atoms in total. The molecule has 0 aromatic heterocycles. The average molecular weight is 341 g/mol. The van der Waals surface area contributed by atoms with Crippen LogP contribution in [-0.4, -0.2) is 5.91 Å². The van der Waals surface area contributed by atoms with Crippen LogP contribution in [0.1, 0.15) is 28.7 Å². The fourth-order valence-electron chi connectivity index (χ4n) is 3.94. The number of para-hydroxylation sites is 1. The normalized spacial score (nSPS) is 18.4. The molecule has 0 fully saturated rings. The summed E-state index contributed by atoms with van der Waals surface area (Å²) in [5, 5.41) is 3.12. The second kappa shape index (κ2) is 6.80. The molecule has 0 saturated carbocycles. The molecule has 0 spiro atoms. The van der Waals surface area contributed by atoms with Gasteiger partial charge in [0.05, 0.1) is 5.41 Å². The predicted molar refractivity (Wildman–Crippen MR) is 106 cm³/mol. The third-order valence-corrected chi connectivity index (χ3v) is 5.44. The highest BCUT2D eigenvalue weighted by Gasteiger charge is 2.46. The number of rotatable bonds is 5. The van der Waals surface area contributed by atoms with Crippen LogP contribution in [0.2, 0.25) is 0 Å². The smallest absolute Gasteiger partial charge is 0.235 e. The number of benzene rings is 3. The Morgan fingerprint density at radius 2 is 1.50 bits per heavy atom. The molecule has 0 unspecified atom stereocenters. The predicted octanol–water partition coefficient (Wildman–Crippen LogP) is 5.06. The standard InChI is InChI=1S/C24H23NO/c1-18-11-13-20(14-12-18)17-24(16-15-19-7-3-2-4-8-19)21-9-5-6-10-22(21)25-23(24)26/h2-14H,15-17H2,1H3,(H,25,26)/t24-/m1/s1. The zero-order valence-electron chi connectivity index (χ0n) is 15.0. The van der Waals surface area contributed by atoms with Gasteiger partial charge in [0.1, 0.15) is 0 Å². The first kappa shape index (κ1) is 16.6. The number of aryl methyl sites for hydroxylation is 2. The summed E-state index contributed by atoms with van der Waals surface area (Å²) in [4.78, 5) is 13.1. The van der Waals surface area contributed by atoms with Gasteiger partial charge in [-0.25, -0.2) is 0 Å². The molecule has 0 bridgehead atoms. The SMILES string of the molecule is Cc1ccc(C[C@@]2(CCc3ccccc3)C(=O)Nc3ccccc32)cc1. The number of fused-ring (bicyclic) bond motifs is 1. The number of carbonyl (C=O) groups excluding carboxylic acids is 1. The topological polar surface area (TPSA) is 29.1 Å². The van der Waals surface area contributed by atoms with Gasteiger partial charge >= 0.3 is 0 Å². The molecule has 3 aromatic carbocycles. The highest BCUT2D eigenvalue weighted by Crippen LogP contribution is 2.43. The van der Waals surface area contributed by atoms with E-state index in [1.807, 2.05) is 24.3 Å². The van der Waals surface area contributed by atoms with E-state index in [1.165, 1.54) is 16.7 Å². The summed E-state index contributed by atoms with van der Waals surface area (Å²) < 4.78 is 0. The van der Waals surface area contributed by atoms with Crippen LogP contribution in [0.3, 0.4) is 0 Å². The average Bonchev–Trinajstić information content (AvgIpc) is 2.95. The number of hydrogen-bond donors (Lipinski definition) is 1. The van der Waals surface area contributed by atoms with Gasteiger partial charge in [-0.3, -0.25) is 4.79 Å². The molecule has 26 heavy (non-hydrogen) atoms. The monoisotopic (exact) mass is 341 g/mol. The molecule has 1 aliphatic rings. The maximum absolute atomic E-state index is 13.1. The van der Waals surface area contributed by atoms with E-state index in [9.17, 15) is 4.79 Å². The van der Waals surface area contributed by atoms with Crippen molar-refractivity contribution in [3.05, 3.63) is 101 Å². The van der Waals surface area contributed by atoms with Crippen LogP contribution in [0.25, 0.3) is 0 Å². The molecule has 0 aliphatic carbocycles. The van der Waals surface area contributed by atoms with E-state index in [-0.39, 0.29) is 5.91 Å². The largest absolute Gasteiger partial charge is 0.325 e. The van der Waals surface area contributed by atoms with Gasteiger partial charge in [-0.1, -0.05) is 78.4 Å². The van der Waals surface area contributed by atoms with Crippen molar-refractivity contribution in [3.63, 3.8) is 0 Å². The number of nitrogens with one attached hydrogen (secondary N) is 1. The molecular weight excluding hydrogens is 318 g/mol. The number of amides is 1. The van der Waals surface area contributed by atoms with Crippen LogP contribution in [0.4, 0.5) is 5.69 Å². The van der Waals surface area contributed by atoms with E-state index in [0.717, 1.165) is 30.5 Å². The van der Waals surface area contributed by atoms with Crippen molar-refractivity contribution in [1.29, 1.82) is 0 Å². The molecule has 4 rings (SSSR count). The molecular formula is C24H23NO. The van der Waals surface area contributed by atoms with Gasteiger partial charge in [-0.05, 0) is 48.9 Å². The minimum atomic E-state index is -0.512. The van der Waals surface area contributed by atoms with E-state index in [4.69, 9.17) is 0 Å². The molecule has 1 heterocycles. The summed E-state index contributed by atoms with van der Waals surface area (Å²) in [6, 6.07) is 27.1. The third kappa shape index (κ3) is 3.03. The molecule has 0 radical (unpaired) electrons. The minimum absolute atomic E-state index is 0.121. The fraction of sp³-hybridized carbons (Fsp3) is 0.208. The summed E-state index contributed by atoms with van der Waals surface area (Å²) in [5.41, 5.74) is 5.29. The zero-order chi connectivity index (χ0) is 18.0. The molecule has 1 atom stereocenters. The Hall–Kier alpha value is -2.87. The molecule has 3 aromatic rings. The Kier molecular flexibility index (Phi) is 4.34. The molecule has 1 aliphatic heterocycles. The Balaban J connectivity index is 1.71. The molecule has 1 amide bonds. The Morgan fingerprint density at radius 3 is 2.27 bits per heavy atom. The van der Waals surface area contributed by atoms with Gasteiger partial charge in [0.2, 0.25) is 5.91 Å². The van der Waals surface area contributed by atoms with Gasteiger partial charge in [0.15, 0.2) is 0 Å². The quantitative estimate of drug-likeness (QED) is 0.690. The molecule has 2 heteroatoms. The van der Waals surface area contributed by atoms with E-state index < -0.39 is 5.41 Å². The second-order valence-corrected chi connectivity index (χ2v) is 7.23. The maximum Gasteiger partial charge on any atom is 0.235 e. The molecule has 0 saturated heterocycles. The molecule has 1 N–H and O–H groups in total. The highest BCUT2D eigenvalue weighted by molar-refractivity contribution is 6.06. The lowest BCUT2D eigenvalue weighted by atomic mass is 9.72. The third-order valence-electron chi connectivity index (χ3n) is 5.44. The van der Waals surface area contributed by atoms with Crippen LogP contribution >= 0.6 is 0 Å². The van der Waals surface area contributed by atoms with E-state index in [2.05, 4.69) is 66.8 Å². The lowest BCUT2D eigenvalue weighted by Gasteiger charge is -2.28. The lowest BCUT2D eigenvalue weighted by molar-refractivity contribution is -0.121. The van der Waals surface area contributed by atoms with Gasteiger partial charge < -0.3 is 5.32 Å². The van der Waals surface area contributed by atoms with Crippen LogP contribution < -0.4 is 5.32 Å². The van der Waals surface area contributed by atoms with Crippen molar-refractivity contribution >= 4 is 11.6 Å². The van der Waals surface area contributed by atoms with Crippen molar-refractivity contribution < 1.29 is 4.79 Å². The summed E-state index contributed by atoms with van der Waals surface area (Å²) in [5.74, 6) is 0.121. The van der Waals surface area contributed by atoms with Crippen molar-refractivity contribution in [2.75, 3.05) is 5.32 Å². The van der Waals surface area contributed by atoms with Crippen LogP contribution in [0.15, 0.2) is 78.9 Å². The van der Waals surface area contributed by atoms with Gasteiger partial charge in [-0.15, -0.1) is 0 Å². The van der Waals surface area contributed by atoms with Gasteiger partial charge in [-0.2, -0.15) is 0 Å². The molecule has 130 valence electrons. The van der Waals surface area contributed by atoms with Gasteiger partial charge in [0, 0.05) is 5.69 Å². The Labute approximate surface area is 154 Å². The zero-order valence-corrected chi connectivity index (χ0v) is 15.0. The van der Waals surface area contributed by atoms with Crippen LogP contribution in [0, 0.1) is 6.92 Å². The van der Waals surface area contributed by atoms with Crippen molar-refractivity contribution in [1.82, 2.24) is 0 Å². The number of carbonyl (C=O) groups is 1. The highest BCUT2D eigenvalue weighted by atomic mass is 16.2. The first-order valence-electron chi connectivity index (χ1n) is 9.18. The number of hydrogen-bond acceptors (Lipinski definition) is 1. The van der Waals surface area contributed by atoms with Crippen LogP contribution in [0.5, 0.6) is 0 Å². The van der Waals surface area contributed by atoms with E-state index in [0.29, 0.717) is 0 Å². The summed E-state index contributed by atoms with van der Waals surface area (Å²) in [7, 11) is 0. The van der Waals surface area contributed by atoms with Crippen molar-refractivity contribution in [2.45, 2.75) is 31.6 Å². The Morgan fingerprint density at radius 1 is 0.808 bits per heavy atom. The summed E-state index contributed by atoms with van der Waals surface area (Å²) >= 11 is 0. The fourth-order valence-corrected chi connectivity index (χ4v) is 3.94. The van der Waals surface area contributed by atoms with Crippen molar-refractivity contribution in [2.24, 2.45) is 0 Å². The first-order valence-corrected chi connectivity index (χ1v) is 9.18. The minimum Gasteiger partial charge on any atom is -0.325 e. The lowest BCUT2D eigenvalue weighted by Crippen LogP contribution is -2.37. The van der Waals surface area contributed by atoms with E-state index >= 15 is 0 Å². The number of anilines is 1.